The van der Waals surface area contributed by atoms with Crippen LogP contribution in [0.25, 0.3) is 0 Å². The van der Waals surface area contributed by atoms with Gasteiger partial charge < -0.3 is 33.6 Å². The zero-order chi connectivity index (χ0) is 31.7. The number of nitrogens with one attached hydrogen (secondary N) is 1. The van der Waals surface area contributed by atoms with Crippen LogP contribution in [0.2, 0.25) is 0 Å². The van der Waals surface area contributed by atoms with Crippen LogP contribution in [0.1, 0.15) is 71.5 Å². The van der Waals surface area contributed by atoms with Crippen molar-refractivity contribution in [2.24, 2.45) is 0 Å². The van der Waals surface area contributed by atoms with Gasteiger partial charge in [-0.05, 0) is 43.3 Å². The summed E-state index contributed by atoms with van der Waals surface area (Å²) in [4.78, 5) is 48.4. The fourth-order valence-corrected chi connectivity index (χ4v) is 5.18. The Balaban J connectivity index is 2.11. The van der Waals surface area contributed by atoms with Crippen molar-refractivity contribution in [3.63, 3.8) is 0 Å². The number of esters is 3. The molecule has 5 atom stereocenters. The van der Waals surface area contributed by atoms with Gasteiger partial charge in [-0.15, -0.1) is 0 Å². The van der Waals surface area contributed by atoms with Crippen molar-refractivity contribution in [1.29, 1.82) is 0 Å². The number of nitrogens with zero attached hydrogens (tertiary/aromatic N) is 3. The molecule has 0 aliphatic carbocycles. The van der Waals surface area contributed by atoms with Crippen LogP contribution in [0.4, 0.5) is 0 Å². The minimum atomic E-state index is -1.23. The van der Waals surface area contributed by atoms with Gasteiger partial charge in [0.2, 0.25) is 5.91 Å². The largest absolute Gasteiger partial charge is 0.486 e. The van der Waals surface area contributed by atoms with Gasteiger partial charge in [0.15, 0.2) is 29.0 Å². The summed E-state index contributed by atoms with van der Waals surface area (Å²) >= 11 is 5.87. The van der Waals surface area contributed by atoms with Crippen LogP contribution in [0.3, 0.4) is 0 Å². The smallest absolute Gasteiger partial charge is 0.303 e. The minimum absolute atomic E-state index is 0.0874. The number of carbonyl (C=O) groups excluding carboxylic acids is 4. The number of rotatable bonds is 13. The van der Waals surface area contributed by atoms with Crippen molar-refractivity contribution in [3.8, 4) is 5.75 Å². The first-order valence-corrected chi connectivity index (χ1v) is 14.6. The third-order valence-corrected chi connectivity index (χ3v) is 7.04. The Morgan fingerprint density at radius 1 is 1.02 bits per heavy atom. The number of unbranched alkanes of at least 4 members (excludes halogenated alkanes) is 2. The summed E-state index contributed by atoms with van der Waals surface area (Å²) < 4.78 is 32.2. The van der Waals surface area contributed by atoms with Gasteiger partial charge in [-0.2, -0.15) is 5.10 Å². The lowest BCUT2D eigenvalue weighted by Crippen LogP contribution is -2.64. The summed E-state index contributed by atoms with van der Waals surface area (Å²) in [6.45, 7) is 9.25. The molecule has 3 rings (SSSR count). The highest BCUT2D eigenvalue weighted by Crippen LogP contribution is 2.33. The molecule has 2 aromatic rings. The number of amides is 1. The molecule has 1 aromatic carbocycles. The predicted octanol–water partition coefficient (Wildman–Crippen LogP) is 3.32. The van der Waals surface area contributed by atoms with Crippen molar-refractivity contribution in [3.05, 3.63) is 40.4 Å². The van der Waals surface area contributed by atoms with Crippen molar-refractivity contribution in [2.75, 3.05) is 6.61 Å². The quantitative estimate of drug-likeness (QED) is 0.152. The number of ether oxygens (including phenoxy) is 5. The number of benzene rings is 1. The fraction of sp³-hybridized carbons (Fsp3) is 0.586. The first-order chi connectivity index (χ1) is 20.4. The Labute approximate surface area is 255 Å². The van der Waals surface area contributed by atoms with E-state index in [4.69, 9.17) is 41.0 Å². The molecule has 14 heteroatoms. The van der Waals surface area contributed by atoms with Crippen molar-refractivity contribution in [2.45, 2.75) is 105 Å². The normalized spacial score (nSPS) is 21.5. The first-order valence-electron chi connectivity index (χ1n) is 14.2. The highest BCUT2D eigenvalue weighted by atomic mass is 32.1. The molecule has 0 bridgehead atoms. The zero-order valence-electron chi connectivity index (χ0n) is 25.4. The maximum atomic E-state index is 12.4. The average molecular weight is 621 g/mol. The predicted molar refractivity (Wildman–Crippen MR) is 155 cm³/mol. The van der Waals surface area contributed by atoms with Crippen LogP contribution >= 0.6 is 12.2 Å². The number of aryl methyl sites for hydroxylation is 1. The lowest BCUT2D eigenvalue weighted by molar-refractivity contribution is -0.239. The average Bonchev–Trinajstić information content (AvgIpc) is 3.23. The van der Waals surface area contributed by atoms with Crippen LogP contribution in [0.15, 0.2) is 24.3 Å². The van der Waals surface area contributed by atoms with E-state index in [0.29, 0.717) is 18.1 Å². The summed E-state index contributed by atoms with van der Waals surface area (Å²) in [5.41, 5.74) is 1.04. The Hall–Kier alpha value is -3.78. The fourth-order valence-electron chi connectivity index (χ4n) is 4.84. The standard InChI is InChI=1S/C29H40N4O9S/c1-7-8-9-13-32-24(16-39-22-12-10-11-17(2)14-22)31-33(29(32)43)28-25(30-18(3)34)27(41-21(6)37)26(40-20(5)36)23(42-28)15-38-19(4)35/h10-12,14,23,25-28H,7-9,13,15-16H2,1-6H3,(H,30,34)/t23-,25-,26-,27-,28-/m1/s1. The van der Waals surface area contributed by atoms with Gasteiger partial charge in [0.05, 0.1) is 0 Å². The number of aromatic nitrogens is 3. The SMILES string of the molecule is CCCCCn1c(COc2cccc(C)c2)nn([C@@H]2O[C@H](COC(C)=O)[C@@H](OC(C)=O)[C@H](OC(C)=O)[C@H]2NC(C)=O)c1=S. The maximum Gasteiger partial charge on any atom is 0.303 e. The highest BCUT2D eigenvalue weighted by molar-refractivity contribution is 7.71. The molecule has 236 valence electrons. The lowest BCUT2D eigenvalue weighted by Gasteiger charge is -2.45. The van der Waals surface area contributed by atoms with Gasteiger partial charge in [0.25, 0.3) is 0 Å². The van der Waals surface area contributed by atoms with Crippen molar-refractivity contribution < 1.29 is 42.9 Å². The molecule has 0 unspecified atom stereocenters. The molecule has 1 aliphatic heterocycles. The molecule has 2 heterocycles. The number of hydrogen-bond donors (Lipinski definition) is 1. The summed E-state index contributed by atoms with van der Waals surface area (Å²) in [6, 6.07) is 6.52. The molecule has 0 saturated carbocycles. The zero-order valence-corrected chi connectivity index (χ0v) is 26.2. The topological polar surface area (TPSA) is 149 Å². The van der Waals surface area contributed by atoms with Crippen LogP contribution in [-0.2, 0) is 51.3 Å². The van der Waals surface area contributed by atoms with E-state index >= 15 is 0 Å². The second-order valence-corrected chi connectivity index (χ2v) is 10.7. The lowest BCUT2D eigenvalue weighted by atomic mass is 9.95. The molecule has 1 saturated heterocycles. The van der Waals surface area contributed by atoms with Gasteiger partial charge in [-0.3, -0.25) is 19.2 Å². The van der Waals surface area contributed by atoms with Gasteiger partial charge in [0.1, 0.15) is 31.1 Å². The first kappa shape index (κ1) is 33.7. The van der Waals surface area contributed by atoms with Gasteiger partial charge in [-0.1, -0.05) is 31.9 Å². The molecule has 1 N–H and O–H groups in total. The van der Waals surface area contributed by atoms with E-state index < -0.39 is 54.4 Å². The van der Waals surface area contributed by atoms with E-state index in [2.05, 4.69) is 12.2 Å². The van der Waals surface area contributed by atoms with Gasteiger partial charge in [-0.25, -0.2) is 4.68 Å². The summed E-state index contributed by atoms with van der Waals surface area (Å²) in [7, 11) is 0. The van der Waals surface area contributed by atoms with E-state index in [1.165, 1.54) is 32.4 Å². The summed E-state index contributed by atoms with van der Waals surface area (Å²) in [5, 5.41) is 7.51. The van der Waals surface area contributed by atoms with Crippen LogP contribution < -0.4 is 10.1 Å². The van der Waals surface area contributed by atoms with Crippen molar-refractivity contribution >= 4 is 36.0 Å². The second-order valence-electron chi connectivity index (χ2n) is 10.3. The molecule has 1 aromatic heterocycles. The van der Waals surface area contributed by atoms with Crippen LogP contribution in [-0.4, -0.2) is 69.1 Å². The minimum Gasteiger partial charge on any atom is -0.486 e. The molecule has 1 amide bonds. The molecule has 43 heavy (non-hydrogen) atoms. The number of hydrogen-bond acceptors (Lipinski definition) is 11. The molecule has 0 radical (unpaired) electrons. The summed E-state index contributed by atoms with van der Waals surface area (Å²) in [6.07, 6.45) is -1.91. The third kappa shape index (κ3) is 9.35. The Morgan fingerprint density at radius 2 is 1.72 bits per heavy atom. The molecule has 13 nitrogen and oxygen atoms in total. The van der Waals surface area contributed by atoms with Gasteiger partial charge >= 0.3 is 17.9 Å². The van der Waals surface area contributed by atoms with Crippen LogP contribution in [0.5, 0.6) is 5.75 Å². The highest BCUT2D eigenvalue weighted by Gasteiger charge is 2.52. The monoisotopic (exact) mass is 620 g/mol. The van der Waals surface area contributed by atoms with Crippen molar-refractivity contribution in [1.82, 2.24) is 19.7 Å². The van der Waals surface area contributed by atoms with E-state index in [9.17, 15) is 19.2 Å². The summed E-state index contributed by atoms with van der Waals surface area (Å²) in [5.74, 6) is -1.27. The van der Waals surface area contributed by atoms with E-state index in [0.717, 1.165) is 24.8 Å². The second kappa shape index (κ2) is 15.6. The van der Waals surface area contributed by atoms with Gasteiger partial charge in [0, 0.05) is 34.2 Å². The van der Waals surface area contributed by atoms with Crippen LogP contribution in [0, 0.1) is 11.7 Å². The van der Waals surface area contributed by atoms with E-state index in [1.54, 1.807) is 0 Å². The van der Waals surface area contributed by atoms with E-state index in [-0.39, 0.29) is 18.0 Å². The molecule has 1 aliphatic rings. The molecular formula is C29H40N4O9S. The molecule has 0 spiro atoms. The number of carbonyl (C=O) groups is 4. The maximum absolute atomic E-state index is 12.4. The Bertz CT molecular complexity index is 1360. The molecule has 1 fully saturated rings. The molecular weight excluding hydrogens is 580 g/mol. The Morgan fingerprint density at radius 3 is 2.33 bits per heavy atom. The third-order valence-electron chi connectivity index (χ3n) is 6.64. The van der Waals surface area contributed by atoms with E-state index in [1.807, 2.05) is 35.8 Å². The Kier molecular flexibility index (Phi) is 12.2.